The number of rotatable bonds is 2. The second kappa shape index (κ2) is 9.28. The van der Waals surface area contributed by atoms with Crippen molar-refractivity contribution in [1.82, 2.24) is 0 Å². The molecule has 1 rings (SSSR count). The van der Waals surface area contributed by atoms with Crippen LogP contribution in [0.5, 0.6) is 5.75 Å². The van der Waals surface area contributed by atoms with Crippen molar-refractivity contribution in [3.05, 3.63) is 33.3 Å². The Kier molecular flexibility index (Phi) is 11.9. The van der Waals surface area contributed by atoms with Gasteiger partial charge in [-0.05, 0) is 0 Å². The normalized spacial score (nSPS) is 7.25. The van der Waals surface area contributed by atoms with Crippen LogP contribution in [0.3, 0.4) is 0 Å². The molecule has 84 valence electrons. The third kappa shape index (κ3) is 4.71. The largest absolute Gasteiger partial charge is 1.00 e. The molecule has 0 aliphatic heterocycles. The molecule has 0 heterocycles. The Hall–Kier alpha value is -0.957. The summed E-state index contributed by atoms with van der Waals surface area (Å²) in [6.07, 6.45) is 0. The molecule has 0 unspecified atom stereocenters. The van der Waals surface area contributed by atoms with E-state index in [9.17, 15) is 10.1 Å². The van der Waals surface area contributed by atoms with Gasteiger partial charge in [-0.3, -0.25) is 10.1 Å². The fourth-order valence-electron chi connectivity index (χ4n) is 0.862. The molecule has 9 heteroatoms. The van der Waals surface area contributed by atoms with E-state index in [1.54, 1.807) is 0 Å². The van der Waals surface area contributed by atoms with Crippen molar-refractivity contribution >= 4 is 23.8 Å². The zero-order chi connectivity index (χ0) is 9.84. The first-order valence-corrected chi connectivity index (χ1v) is 3.36. The number of hydrogen-bond acceptors (Lipinski definition) is 4. The Bertz CT molecular complexity index is 397. The Balaban J connectivity index is -0.000000563. The van der Waals surface area contributed by atoms with E-state index in [1.165, 1.54) is 25.3 Å². The molecule has 1 aromatic rings. The summed E-state index contributed by atoms with van der Waals surface area (Å²) in [5, 5.41) is 18.8. The summed E-state index contributed by atoms with van der Waals surface area (Å²) in [5.74, 6) is 0.164. The summed E-state index contributed by atoms with van der Waals surface area (Å²) in [5.41, 5.74) is 0.0531. The van der Waals surface area contributed by atoms with E-state index in [-0.39, 0.29) is 61.4 Å². The summed E-state index contributed by atoms with van der Waals surface area (Å²) in [6.45, 7) is 0. The molecule has 0 spiro atoms. The first-order chi connectivity index (χ1) is 6.19. The number of benzene rings is 1. The fourth-order valence-corrected chi connectivity index (χ4v) is 0.862. The van der Waals surface area contributed by atoms with E-state index < -0.39 is 4.92 Å². The van der Waals surface area contributed by atoms with Crippen LogP contribution in [0.15, 0.2) is 18.2 Å². The molecular formula is C7H7Cl2N3O3Zn. The number of non-ortho nitro benzene ring substituents is 1. The van der Waals surface area contributed by atoms with Crippen LogP contribution in [-0.4, -0.2) is 12.0 Å². The zero-order valence-electron chi connectivity index (χ0n) is 8.29. The quantitative estimate of drug-likeness (QED) is 0.319. The van der Waals surface area contributed by atoms with E-state index in [0.717, 1.165) is 0 Å². The maximum atomic E-state index is 10.3. The van der Waals surface area contributed by atoms with E-state index in [4.69, 9.17) is 10.1 Å². The smallest absolute Gasteiger partial charge is 0.426 e. The van der Waals surface area contributed by atoms with E-state index in [2.05, 4.69) is 4.98 Å². The molecule has 0 bridgehead atoms. The minimum absolute atomic E-state index is 0. The summed E-state index contributed by atoms with van der Waals surface area (Å²) in [7, 11) is 1.34. The zero-order valence-corrected chi connectivity index (χ0v) is 12.8. The van der Waals surface area contributed by atoms with Gasteiger partial charge in [-0.2, -0.15) is 0 Å². The average Bonchev–Trinajstić information content (AvgIpc) is 2.16. The van der Waals surface area contributed by atoms with Crippen LogP contribution >= 0.6 is 12.4 Å². The second-order valence-corrected chi connectivity index (χ2v) is 2.21. The number of nitrogens with zero attached hydrogens (tertiary/aromatic N) is 3. The van der Waals surface area contributed by atoms with Gasteiger partial charge in [-0.25, -0.2) is 0 Å². The van der Waals surface area contributed by atoms with Crippen LogP contribution in [0.4, 0.5) is 11.4 Å². The third-order valence-corrected chi connectivity index (χ3v) is 1.48. The van der Waals surface area contributed by atoms with Crippen LogP contribution in [-0.2, 0) is 19.5 Å². The molecule has 0 saturated heterocycles. The van der Waals surface area contributed by atoms with Gasteiger partial charge >= 0.3 is 5.69 Å². The van der Waals surface area contributed by atoms with Gasteiger partial charge in [-0.1, -0.05) is 0 Å². The summed E-state index contributed by atoms with van der Waals surface area (Å²) < 4.78 is 4.77. The number of nitro groups is 1. The molecule has 6 nitrogen and oxygen atoms in total. The van der Waals surface area contributed by atoms with Crippen LogP contribution in [0, 0.1) is 15.5 Å². The molecular weight excluding hydrogens is 310 g/mol. The van der Waals surface area contributed by atoms with Gasteiger partial charge in [0.15, 0.2) is 4.98 Å². The van der Waals surface area contributed by atoms with Crippen LogP contribution in [0.25, 0.3) is 4.98 Å². The monoisotopic (exact) mass is 315 g/mol. The number of ether oxygens (including phenoxy) is 1. The van der Waals surface area contributed by atoms with Gasteiger partial charge in [0, 0.05) is 31.6 Å². The molecule has 0 aromatic heterocycles. The van der Waals surface area contributed by atoms with Crippen molar-refractivity contribution < 1.29 is 41.5 Å². The van der Waals surface area contributed by atoms with Crippen LogP contribution in [0.1, 0.15) is 0 Å². The molecule has 0 N–H and O–H groups in total. The van der Waals surface area contributed by atoms with Gasteiger partial charge < -0.3 is 17.1 Å². The van der Waals surface area contributed by atoms with Crippen molar-refractivity contribution in [3.8, 4) is 5.75 Å². The van der Waals surface area contributed by atoms with Crippen molar-refractivity contribution in [2.75, 3.05) is 7.11 Å². The van der Waals surface area contributed by atoms with Gasteiger partial charge in [0.1, 0.15) is 0 Å². The fraction of sp³-hybridized carbons (Fsp3) is 0.143. The minimum atomic E-state index is -0.552. The summed E-state index contributed by atoms with van der Waals surface area (Å²) >= 11 is 0. The van der Waals surface area contributed by atoms with Crippen molar-refractivity contribution in [2.24, 2.45) is 0 Å². The molecule has 0 saturated carbocycles. The Morgan fingerprint density at radius 2 is 2.06 bits per heavy atom. The Morgan fingerprint density at radius 1 is 1.50 bits per heavy atom. The van der Waals surface area contributed by atoms with Crippen LogP contribution in [0.2, 0.25) is 0 Å². The molecule has 0 radical (unpaired) electrons. The maximum absolute atomic E-state index is 10.3. The second-order valence-electron chi connectivity index (χ2n) is 2.21. The van der Waals surface area contributed by atoms with Gasteiger partial charge in [0.25, 0.3) is 5.69 Å². The van der Waals surface area contributed by atoms with Gasteiger partial charge in [0.2, 0.25) is 11.1 Å². The number of hydrogen-bond donors (Lipinski definition) is 0. The van der Waals surface area contributed by atoms with E-state index in [1.807, 2.05) is 0 Å². The SMILES string of the molecule is COc1cc([N+](=O)[O-])ccc1[N+]#N.Cl.[Cl-].[Zn]. The minimum Gasteiger partial charge on any atom is -1.00 e. The first kappa shape index (κ1) is 20.5. The number of methoxy groups -OCH3 is 1. The Labute approximate surface area is 117 Å². The molecule has 0 aliphatic rings. The molecule has 0 aliphatic carbocycles. The van der Waals surface area contributed by atoms with E-state index in [0.29, 0.717) is 0 Å². The average molecular weight is 317 g/mol. The van der Waals surface area contributed by atoms with Crippen molar-refractivity contribution in [1.29, 1.82) is 5.39 Å². The topological polar surface area (TPSA) is 80.5 Å². The standard InChI is InChI=1S/C7H6N3O3.2ClH.Zn/c1-13-7-4-5(10(11)12)2-3-6(7)9-8;;;/h2-4H,1H3;2*1H;/q+1;;;/p-1. The summed E-state index contributed by atoms with van der Waals surface area (Å²) in [6, 6.07) is 3.73. The van der Waals surface area contributed by atoms with Gasteiger partial charge in [-0.15, -0.1) is 12.4 Å². The van der Waals surface area contributed by atoms with Gasteiger partial charge in [0.05, 0.1) is 18.1 Å². The number of halogens is 2. The molecule has 1 aromatic carbocycles. The van der Waals surface area contributed by atoms with E-state index >= 15 is 0 Å². The summed E-state index contributed by atoms with van der Waals surface area (Å²) in [4.78, 5) is 12.7. The Morgan fingerprint density at radius 3 is 2.44 bits per heavy atom. The third-order valence-electron chi connectivity index (χ3n) is 1.48. The molecule has 16 heavy (non-hydrogen) atoms. The van der Waals surface area contributed by atoms with Crippen molar-refractivity contribution in [3.63, 3.8) is 0 Å². The predicted octanol–water partition coefficient (Wildman–Crippen LogP) is -0.489. The molecule has 0 atom stereocenters. The molecule has 0 fully saturated rings. The first-order valence-electron chi connectivity index (χ1n) is 3.36. The maximum Gasteiger partial charge on any atom is 0.426 e. The van der Waals surface area contributed by atoms with Crippen molar-refractivity contribution in [2.45, 2.75) is 0 Å². The number of nitro benzene ring substituents is 1. The predicted molar refractivity (Wildman–Crippen MR) is 51.6 cm³/mol. The van der Waals surface area contributed by atoms with Crippen LogP contribution < -0.4 is 17.1 Å². The number of diazo groups is 1. The molecule has 0 amide bonds.